The van der Waals surface area contributed by atoms with E-state index in [-0.39, 0.29) is 12.4 Å². The van der Waals surface area contributed by atoms with Gasteiger partial charge in [0.05, 0.1) is 6.54 Å². The van der Waals surface area contributed by atoms with Crippen molar-refractivity contribution in [2.75, 3.05) is 0 Å². The van der Waals surface area contributed by atoms with Crippen LogP contribution >= 0.6 is 28.3 Å². The minimum Gasteiger partial charge on any atom is -0.441 e. The van der Waals surface area contributed by atoms with Crippen molar-refractivity contribution < 1.29 is 4.42 Å². The Morgan fingerprint density at radius 1 is 1.46 bits per heavy atom. The van der Waals surface area contributed by atoms with E-state index < -0.39 is 0 Å². The second-order valence-corrected chi connectivity index (χ2v) is 3.38. The van der Waals surface area contributed by atoms with E-state index in [2.05, 4.69) is 20.9 Å². The number of nitrogens with zero attached hydrogens (tertiary/aromatic N) is 1. The lowest BCUT2D eigenvalue weighted by molar-refractivity contribution is 0.543. The molecular weight excluding hydrogens is 255 g/mol. The summed E-state index contributed by atoms with van der Waals surface area (Å²) in [5.74, 6) is 0.760. The van der Waals surface area contributed by atoms with Crippen LogP contribution in [0.4, 0.5) is 0 Å². The summed E-state index contributed by atoms with van der Waals surface area (Å²) in [4.78, 5) is 4.08. The lowest BCUT2D eigenvalue weighted by Gasteiger charge is -1.87. The predicted octanol–water partition coefficient (Wildman–Crippen LogP) is 2.47. The fraction of sp³-hybridized carbons (Fsp3) is 0.125. The van der Waals surface area contributed by atoms with E-state index >= 15 is 0 Å². The van der Waals surface area contributed by atoms with E-state index in [1.807, 2.05) is 12.1 Å². The zero-order chi connectivity index (χ0) is 8.55. The van der Waals surface area contributed by atoms with Gasteiger partial charge in [-0.25, -0.2) is 4.98 Å². The number of hydrogen-bond acceptors (Lipinski definition) is 3. The van der Waals surface area contributed by atoms with Crippen LogP contribution in [0.2, 0.25) is 0 Å². The molecule has 0 aliphatic carbocycles. The molecule has 0 unspecified atom stereocenters. The Kier molecular flexibility index (Phi) is 3.30. The standard InChI is InChI=1S/C8H7BrN2O.ClH/c9-6-1-5-2-7(3-10)12-8(5)11-4-6;/h1-2,4H,3,10H2;1H. The Balaban J connectivity index is 0.000000845. The number of furan rings is 1. The van der Waals surface area contributed by atoms with Gasteiger partial charge in [0.25, 0.3) is 0 Å². The van der Waals surface area contributed by atoms with E-state index in [4.69, 9.17) is 10.2 Å². The zero-order valence-corrected chi connectivity index (χ0v) is 9.06. The average molecular weight is 264 g/mol. The van der Waals surface area contributed by atoms with Gasteiger partial charge in [0.2, 0.25) is 5.71 Å². The van der Waals surface area contributed by atoms with Crippen LogP contribution in [-0.2, 0) is 6.54 Å². The van der Waals surface area contributed by atoms with Gasteiger partial charge in [-0.2, -0.15) is 0 Å². The topological polar surface area (TPSA) is 52.0 Å². The normalized spacial score (nSPS) is 10.0. The Morgan fingerprint density at radius 2 is 2.23 bits per heavy atom. The molecule has 5 heteroatoms. The van der Waals surface area contributed by atoms with E-state index in [0.29, 0.717) is 12.3 Å². The molecule has 0 atom stereocenters. The minimum absolute atomic E-state index is 0. The van der Waals surface area contributed by atoms with Crippen molar-refractivity contribution >= 4 is 39.4 Å². The van der Waals surface area contributed by atoms with Crippen molar-refractivity contribution in [1.29, 1.82) is 0 Å². The number of hydrogen-bond donors (Lipinski definition) is 1. The summed E-state index contributed by atoms with van der Waals surface area (Å²) < 4.78 is 6.26. The molecule has 0 bridgehead atoms. The summed E-state index contributed by atoms with van der Waals surface area (Å²) in [5.41, 5.74) is 6.06. The van der Waals surface area contributed by atoms with Gasteiger partial charge in [-0.05, 0) is 28.1 Å². The van der Waals surface area contributed by atoms with Crippen LogP contribution in [0.25, 0.3) is 11.1 Å². The van der Waals surface area contributed by atoms with Crippen molar-refractivity contribution in [2.45, 2.75) is 6.54 Å². The van der Waals surface area contributed by atoms with Gasteiger partial charge in [0.1, 0.15) is 5.76 Å². The molecular formula is C8H8BrClN2O. The van der Waals surface area contributed by atoms with Gasteiger partial charge in [-0.1, -0.05) is 0 Å². The largest absolute Gasteiger partial charge is 0.441 e. The first-order chi connectivity index (χ1) is 5.79. The van der Waals surface area contributed by atoms with Crippen molar-refractivity contribution in [2.24, 2.45) is 5.73 Å². The Morgan fingerprint density at radius 3 is 2.92 bits per heavy atom. The molecule has 0 saturated heterocycles. The maximum Gasteiger partial charge on any atom is 0.226 e. The van der Waals surface area contributed by atoms with Crippen LogP contribution in [0.3, 0.4) is 0 Å². The highest BCUT2D eigenvalue weighted by Crippen LogP contribution is 2.20. The molecule has 0 radical (unpaired) electrons. The highest BCUT2D eigenvalue weighted by Gasteiger charge is 2.02. The molecule has 0 aliphatic rings. The lowest BCUT2D eigenvalue weighted by Crippen LogP contribution is -1.92. The van der Waals surface area contributed by atoms with Crippen LogP contribution in [0.1, 0.15) is 5.76 Å². The highest BCUT2D eigenvalue weighted by molar-refractivity contribution is 9.10. The average Bonchev–Trinajstić information content (AvgIpc) is 2.46. The number of pyridine rings is 1. The molecule has 0 aromatic carbocycles. The van der Waals surface area contributed by atoms with Crippen LogP contribution in [0.5, 0.6) is 0 Å². The smallest absolute Gasteiger partial charge is 0.226 e. The van der Waals surface area contributed by atoms with Crippen molar-refractivity contribution in [3.8, 4) is 0 Å². The second kappa shape index (κ2) is 4.09. The molecule has 70 valence electrons. The fourth-order valence-corrected chi connectivity index (χ4v) is 1.41. The summed E-state index contributed by atoms with van der Waals surface area (Å²) in [5, 5.41) is 0.977. The Labute approximate surface area is 89.9 Å². The molecule has 0 saturated carbocycles. The molecule has 2 N–H and O–H groups in total. The van der Waals surface area contributed by atoms with Gasteiger partial charge in [0, 0.05) is 16.1 Å². The SMILES string of the molecule is Cl.NCc1cc2cc(Br)cnc2o1. The zero-order valence-electron chi connectivity index (χ0n) is 6.66. The van der Waals surface area contributed by atoms with E-state index in [1.165, 1.54) is 0 Å². The number of aromatic nitrogens is 1. The maximum absolute atomic E-state index is 5.42. The molecule has 2 aromatic heterocycles. The molecule has 3 nitrogen and oxygen atoms in total. The third-order valence-electron chi connectivity index (χ3n) is 1.59. The molecule has 0 spiro atoms. The van der Waals surface area contributed by atoms with Crippen LogP contribution in [-0.4, -0.2) is 4.98 Å². The van der Waals surface area contributed by atoms with Gasteiger partial charge in [-0.3, -0.25) is 0 Å². The Hall–Kier alpha value is -0.580. The summed E-state index contributed by atoms with van der Waals surface area (Å²) in [6.45, 7) is 0.411. The van der Waals surface area contributed by atoms with Crippen LogP contribution in [0.15, 0.2) is 27.2 Å². The summed E-state index contributed by atoms with van der Waals surface area (Å²) in [7, 11) is 0. The molecule has 2 rings (SSSR count). The summed E-state index contributed by atoms with van der Waals surface area (Å²) in [6, 6.07) is 3.85. The molecule has 2 aromatic rings. The van der Waals surface area contributed by atoms with Crippen molar-refractivity contribution in [1.82, 2.24) is 4.98 Å². The maximum atomic E-state index is 5.42. The monoisotopic (exact) mass is 262 g/mol. The third kappa shape index (κ3) is 2.02. The lowest BCUT2D eigenvalue weighted by atomic mass is 10.3. The number of rotatable bonds is 1. The van der Waals surface area contributed by atoms with Gasteiger partial charge < -0.3 is 10.2 Å². The van der Waals surface area contributed by atoms with Crippen molar-refractivity contribution in [3.63, 3.8) is 0 Å². The fourth-order valence-electron chi connectivity index (χ4n) is 1.06. The molecule has 0 fully saturated rings. The minimum atomic E-state index is 0. The van der Waals surface area contributed by atoms with E-state index in [0.717, 1.165) is 15.6 Å². The highest BCUT2D eigenvalue weighted by atomic mass is 79.9. The van der Waals surface area contributed by atoms with Gasteiger partial charge in [-0.15, -0.1) is 12.4 Å². The number of nitrogens with two attached hydrogens (primary N) is 1. The molecule has 0 amide bonds. The molecule has 2 heterocycles. The van der Waals surface area contributed by atoms with Crippen LogP contribution < -0.4 is 5.73 Å². The van der Waals surface area contributed by atoms with Crippen LogP contribution in [0, 0.1) is 0 Å². The number of halogens is 2. The van der Waals surface area contributed by atoms with Gasteiger partial charge >= 0.3 is 0 Å². The van der Waals surface area contributed by atoms with E-state index in [1.54, 1.807) is 6.20 Å². The Bertz CT molecular complexity index is 415. The summed E-state index contributed by atoms with van der Waals surface area (Å²) >= 11 is 3.33. The van der Waals surface area contributed by atoms with E-state index in [9.17, 15) is 0 Å². The number of fused-ring (bicyclic) bond motifs is 1. The first-order valence-electron chi connectivity index (χ1n) is 3.53. The predicted molar refractivity (Wildman–Crippen MR) is 56.8 cm³/mol. The van der Waals surface area contributed by atoms with Crippen molar-refractivity contribution in [3.05, 3.63) is 28.6 Å². The molecule has 13 heavy (non-hydrogen) atoms. The van der Waals surface area contributed by atoms with Gasteiger partial charge in [0.15, 0.2) is 0 Å². The first kappa shape index (κ1) is 10.5. The summed E-state index contributed by atoms with van der Waals surface area (Å²) in [6.07, 6.45) is 1.70. The molecule has 0 aliphatic heterocycles. The first-order valence-corrected chi connectivity index (χ1v) is 4.33. The second-order valence-electron chi connectivity index (χ2n) is 2.46. The third-order valence-corrected chi connectivity index (χ3v) is 2.02. The quantitative estimate of drug-likeness (QED) is 0.860.